The van der Waals surface area contributed by atoms with Gasteiger partial charge in [0.25, 0.3) is 0 Å². The van der Waals surface area contributed by atoms with Crippen LogP contribution in [0.3, 0.4) is 0 Å². The number of para-hydroxylation sites is 1. The Balaban J connectivity index is 2.57. The summed E-state index contributed by atoms with van der Waals surface area (Å²) < 4.78 is 8.08. The van der Waals surface area contributed by atoms with Crippen molar-refractivity contribution in [2.45, 2.75) is 32.6 Å². The molecular formula is C16H22N2OS. The number of nitrogens with zero attached hydrogens (tertiary/aromatic N) is 1. The van der Waals surface area contributed by atoms with Crippen LogP contribution in [0.15, 0.2) is 30.5 Å². The van der Waals surface area contributed by atoms with Crippen LogP contribution in [0.2, 0.25) is 0 Å². The van der Waals surface area contributed by atoms with E-state index < -0.39 is 0 Å². The number of hydrogen-bond acceptors (Lipinski definition) is 2. The van der Waals surface area contributed by atoms with Gasteiger partial charge in [-0.2, -0.15) is 0 Å². The number of aromatic amines is 1. The van der Waals surface area contributed by atoms with Crippen molar-refractivity contribution in [2.24, 2.45) is 0 Å². The molecule has 3 nitrogen and oxygen atoms in total. The normalized spacial score (nSPS) is 11.8. The number of hydrogen-bond donors (Lipinski definition) is 1. The summed E-state index contributed by atoms with van der Waals surface area (Å²) in [5.41, 5.74) is 3.60. The standard InChI is InChI=1S/C16H22N2OS/c1-16(2,3)14-11-17-15(20)18(14)13-8-6-5-7-12(13)9-10-19-4/h5-8,11H,9-10H2,1-4H3,(H,17,20). The molecule has 0 aliphatic rings. The molecule has 2 rings (SSSR count). The minimum Gasteiger partial charge on any atom is -0.384 e. The Morgan fingerprint density at radius 3 is 2.60 bits per heavy atom. The predicted octanol–water partition coefficient (Wildman–Crippen LogP) is 4.02. The zero-order valence-electron chi connectivity index (χ0n) is 12.6. The van der Waals surface area contributed by atoms with E-state index in [0.717, 1.165) is 16.9 Å². The van der Waals surface area contributed by atoms with Crippen LogP contribution in [0.5, 0.6) is 0 Å². The fourth-order valence-corrected chi connectivity index (χ4v) is 2.57. The molecule has 0 unspecified atom stereocenters. The van der Waals surface area contributed by atoms with E-state index in [1.807, 2.05) is 12.3 Å². The summed E-state index contributed by atoms with van der Waals surface area (Å²) in [5.74, 6) is 0. The van der Waals surface area contributed by atoms with Crippen molar-refractivity contribution >= 4 is 12.2 Å². The highest BCUT2D eigenvalue weighted by Crippen LogP contribution is 2.27. The van der Waals surface area contributed by atoms with Crippen LogP contribution in [0.1, 0.15) is 32.0 Å². The van der Waals surface area contributed by atoms with E-state index in [2.05, 4.69) is 48.5 Å². The van der Waals surface area contributed by atoms with E-state index in [1.165, 1.54) is 11.3 Å². The van der Waals surface area contributed by atoms with Gasteiger partial charge in [0.2, 0.25) is 0 Å². The molecule has 0 radical (unpaired) electrons. The average Bonchev–Trinajstić information content (AvgIpc) is 2.78. The molecule has 4 heteroatoms. The van der Waals surface area contributed by atoms with E-state index in [1.54, 1.807) is 7.11 Å². The third-order valence-electron chi connectivity index (χ3n) is 3.35. The molecule has 0 spiro atoms. The minimum absolute atomic E-state index is 0.0297. The van der Waals surface area contributed by atoms with Gasteiger partial charge in [-0.3, -0.25) is 4.57 Å². The van der Waals surface area contributed by atoms with Gasteiger partial charge in [-0.25, -0.2) is 0 Å². The van der Waals surface area contributed by atoms with Crippen molar-refractivity contribution in [1.82, 2.24) is 9.55 Å². The van der Waals surface area contributed by atoms with E-state index in [-0.39, 0.29) is 5.41 Å². The Bertz CT molecular complexity index is 634. The zero-order chi connectivity index (χ0) is 14.8. The lowest BCUT2D eigenvalue weighted by Gasteiger charge is -2.22. The van der Waals surface area contributed by atoms with Gasteiger partial charge in [0.1, 0.15) is 0 Å². The van der Waals surface area contributed by atoms with E-state index in [0.29, 0.717) is 6.61 Å². The smallest absolute Gasteiger partial charge is 0.182 e. The average molecular weight is 290 g/mol. The highest BCUT2D eigenvalue weighted by Gasteiger charge is 2.21. The van der Waals surface area contributed by atoms with Gasteiger partial charge in [0, 0.05) is 24.4 Å². The third kappa shape index (κ3) is 3.02. The van der Waals surface area contributed by atoms with Gasteiger partial charge < -0.3 is 9.72 Å². The predicted molar refractivity (Wildman–Crippen MR) is 85.2 cm³/mol. The Kier molecular flexibility index (Phi) is 4.45. The molecule has 1 aromatic carbocycles. The van der Waals surface area contributed by atoms with Crippen molar-refractivity contribution < 1.29 is 4.74 Å². The monoisotopic (exact) mass is 290 g/mol. The maximum Gasteiger partial charge on any atom is 0.182 e. The molecule has 1 aromatic heterocycles. The molecule has 1 heterocycles. The number of methoxy groups -OCH3 is 1. The van der Waals surface area contributed by atoms with Gasteiger partial charge >= 0.3 is 0 Å². The molecule has 2 aromatic rings. The second kappa shape index (κ2) is 5.94. The Hall–Kier alpha value is -1.39. The molecule has 0 amide bonds. The van der Waals surface area contributed by atoms with Gasteiger partial charge in [-0.1, -0.05) is 39.0 Å². The zero-order valence-corrected chi connectivity index (χ0v) is 13.4. The van der Waals surface area contributed by atoms with Crippen LogP contribution < -0.4 is 0 Å². The van der Waals surface area contributed by atoms with E-state index in [4.69, 9.17) is 17.0 Å². The fraction of sp³-hybridized carbons (Fsp3) is 0.438. The second-order valence-corrected chi connectivity index (χ2v) is 6.32. The van der Waals surface area contributed by atoms with Crippen LogP contribution in [0, 0.1) is 4.77 Å². The highest BCUT2D eigenvalue weighted by atomic mass is 32.1. The molecule has 108 valence electrons. The summed E-state index contributed by atoms with van der Waals surface area (Å²) in [4.78, 5) is 3.17. The Morgan fingerprint density at radius 1 is 1.25 bits per heavy atom. The summed E-state index contributed by atoms with van der Waals surface area (Å²) in [6, 6.07) is 8.35. The van der Waals surface area contributed by atoms with Crippen molar-refractivity contribution in [3.05, 3.63) is 46.5 Å². The number of aromatic nitrogens is 2. The summed E-state index contributed by atoms with van der Waals surface area (Å²) in [6.45, 7) is 7.29. The Morgan fingerprint density at radius 2 is 1.95 bits per heavy atom. The van der Waals surface area contributed by atoms with Gasteiger partial charge in [0.15, 0.2) is 4.77 Å². The van der Waals surface area contributed by atoms with E-state index in [9.17, 15) is 0 Å². The summed E-state index contributed by atoms with van der Waals surface area (Å²) in [6.07, 6.45) is 2.89. The van der Waals surface area contributed by atoms with Gasteiger partial charge in [0.05, 0.1) is 12.3 Å². The van der Waals surface area contributed by atoms with Crippen LogP contribution in [0.25, 0.3) is 5.69 Å². The quantitative estimate of drug-likeness (QED) is 0.862. The van der Waals surface area contributed by atoms with Crippen molar-refractivity contribution in [1.29, 1.82) is 0 Å². The summed E-state index contributed by atoms with van der Waals surface area (Å²) in [5, 5.41) is 0. The second-order valence-electron chi connectivity index (χ2n) is 5.94. The lowest BCUT2D eigenvalue weighted by molar-refractivity contribution is 0.202. The molecule has 20 heavy (non-hydrogen) atoms. The molecule has 1 N–H and O–H groups in total. The van der Waals surface area contributed by atoms with Gasteiger partial charge in [-0.15, -0.1) is 0 Å². The molecule has 0 atom stereocenters. The maximum absolute atomic E-state index is 5.47. The molecule has 0 saturated carbocycles. The molecule has 0 aliphatic carbocycles. The molecular weight excluding hydrogens is 268 g/mol. The van der Waals surface area contributed by atoms with Gasteiger partial charge in [-0.05, 0) is 30.3 Å². The highest BCUT2D eigenvalue weighted by molar-refractivity contribution is 7.71. The largest absolute Gasteiger partial charge is 0.384 e. The van der Waals surface area contributed by atoms with Crippen LogP contribution >= 0.6 is 12.2 Å². The number of imidazole rings is 1. The molecule has 0 aliphatic heterocycles. The third-order valence-corrected chi connectivity index (χ3v) is 3.65. The van der Waals surface area contributed by atoms with Crippen LogP contribution in [0.4, 0.5) is 0 Å². The molecule has 0 fully saturated rings. The number of rotatable bonds is 4. The van der Waals surface area contributed by atoms with Crippen molar-refractivity contribution in [3.63, 3.8) is 0 Å². The molecule has 0 saturated heterocycles. The summed E-state index contributed by atoms with van der Waals surface area (Å²) >= 11 is 5.47. The Labute approximate surface area is 125 Å². The SMILES string of the molecule is COCCc1ccccc1-n1c(C(C)(C)C)c[nH]c1=S. The van der Waals surface area contributed by atoms with Crippen LogP contribution in [-0.4, -0.2) is 23.3 Å². The number of benzene rings is 1. The fourth-order valence-electron chi connectivity index (χ4n) is 2.31. The number of ether oxygens (including phenoxy) is 1. The topological polar surface area (TPSA) is 29.9 Å². The lowest BCUT2D eigenvalue weighted by Crippen LogP contribution is -2.17. The molecule has 0 bridgehead atoms. The first-order chi connectivity index (χ1) is 9.45. The number of H-pyrrole nitrogens is 1. The minimum atomic E-state index is 0.0297. The first-order valence-electron chi connectivity index (χ1n) is 6.83. The van der Waals surface area contributed by atoms with E-state index >= 15 is 0 Å². The van der Waals surface area contributed by atoms with Crippen LogP contribution in [-0.2, 0) is 16.6 Å². The first-order valence-corrected chi connectivity index (χ1v) is 7.24. The van der Waals surface area contributed by atoms with Crippen molar-refractivity contribution in [2.75, 3.05) is 13.7 Å². The van der Waals surface area contributed by atoms with Crippen molar-refractivity contribution in [3.8, 4) is 5.69 Å². The maximum atomic E-state index is 5.47. The first kappa shape index (κ1) is 15.0. The lowest BCUT2D eigenvalue weighted by atomic mass is 9.92. The summed E-state index contributed by atoms with van der Waals surface area (Å²) in [7, 11) is 1.73. The number of nitrogens with one attached hydrogen (secondary N) is 1.